The lowest BCUT2D eigenvalue weighted by Crippen LogP contribution is -2.45. The summed E-state index contributed by atoms with van der Waals surface area (Å²) in [4.78, 5) is 32.7. The van der Waals surface area contributed by atoms with Crippen molar-refractivity contribution >= 4 is 23.6 Å². The van der Waals surface area contributed by atoms with Gasteiger partial charge in [-0.15, -0.1) is 0 Å². The van der Waals surface area contributed by atoms with Crippen molar-refractivity contribution in [3.63, 3.8) is 0 Å². The van der Waals surface area contributed by atoms with Crippen molar-refractivity contribution in [2.24, 2.45) is 5.92 Å². The second kappa shape index (κ2) is 6.55. The number of aromatic nitrogens is 3. The zero-order chi connectivity index (χ0) is 17.4. The van der Waals surface area contributed by atoms with E-state index in [9.17, 15) is 9.59 Å². The number of carbonyl (C=O) groups excluding carboxylic acids is 2. The van der Waals surface area contributed by atoms with Gasteiger partial charge in [0.05, 0.1) is 11.7 Å². The Kier molecular flexibility index (Phi) is 4.24. The fourth-order valence-electron chi connectivity index (χ4n) is 3.45. The van der Waals surface area contributed by atoms with Crippen LogP contribution in [0.15, 0.2) is 28.0 Å². The van der Waals surface area contributed by atoms with E-state index in [0.717, 1.165) is 12.8 Å². The van der Waals surface area contributed by atoms with E-state index in [2.05, 4.69) is 15.2 Å². The number of hydrogen-bond donors (Lipinski definition) is 1. The molecule has 8 nitrogen and oxygen atoms in total. The predicted molar refractivity (Wildman–Crippen MR) is 89.8 cm³/mol. The number of hydrogen-bond acceptors (Lipinski definition) is 6. The number of aromatic amines is 1. The Hall–Kier alpha value is -2.29. The van der Waals surface area contributed by atoms with Crippen molar-refractivity contribution in [1.29, 1.82) is 0 Å². The van der Waals surface area contributed by atoms with Gasteiger partial charge in [-0.2, -0.15) is 5.10 Å². The predicted octanol–water partition coefficient (Wildman–Crippen LogP) is 1.38. The topological polar surface area (TPSA) is 95.3 Å². The van der Waals surface area contributed by atoms with Crippen LogP contribution in [0.4, 0.5) is 0 Å². The Morgan fingerprint density at radius 2 is 2.28 bits per heavy atom. The van der Waals surface area contributed by atoms with Crippen LogP contribution in [-0.2, 0) is 10.5 Å². The second-order valence-electron chi connectivity index (χ2n) is 6.43. The van der Waals surface area contributed by atoms with Crippen LogP contribution in [-0.4, -0.2) is 63.0 Å². The van der Waals surface area contributed by atoms with Gasteiger partial charge in [-0.3, -0.25) is 14.7 Å². The minimum Gasteiger partial charge on any atom is -0.455 e. The molecule has 2 amide bonds. The number of furan rings is 1. The lowest BCUT2D eigenvalue weighted by Gasteiger charge is -2.32. The molecule has 2 atom stereocenters. The summed E-state index contributed by atoms with van der Waals surface area (Å²) in [6.45, 7) is 1.04. The van der Waals surface area contributed by atoms with E-state index in [-0.39, 0.29) is 23.8 Å². The Morgan fingerprint density at radius 1 is 1.40 bits per heavy atom. The first-order valence-corrected chi connectivity index (χ1v) is 9.23. The Morgan fingerprint density at radius 3 is 3.08 bits per heavy atom. The molecule has 2 aromatic rings. The van der Waals surface area contributed by atoms with Crippen molar-refractivity contribution in [3.8, 4) is 0 Å². The van der Waals surface area contributed by atoms with Crippen LogP contribution in [0, 0.1) is 5.92 Å². The van der Waals surface area contributed by atoms with E-state index in [4.69, 9.17) is 4.42 Å². The van der Waals surface area contributed by atoms with Gasteiger partial charge in [-0.25, -0.2) is 4.98 Å². The van der Waals surface area contributed by atoms with Gasteiger partial charge in [0.2, 0.25) is 5.91 Å². The maximum atomic E-state index is 12.8. The van der Waals surface area contributed by atoms with Crippen LogP contribution in [0.5, 0.6) is 0 Å². The molecule has 0 unspecified atom stereocenters. The van der Waals surface area contributed by atoms with Crippen molar-refractivity contribution in [1.82, 2.24) is 25.0 Å². The lowest BCUT2D eigenvalue weighted by atomic mass is 9.95. The zero-order valence-corrected chi connectivity index (χ0v) is 14.7. The molecule has 132 valence electrons. The first-order valence-electron chi connectivity index (χ1n) is 8.24. The number of carbonyl (C=O) groups is 2. The summed E-state index contributed by atoms with van der Waals surface area (Å²) < 4.78 is 5.71. The summed E-state index contributed by atoms with van der Waals surface area (Å²) >= 11 is 1.46. The minimum atomic E-state index is -0.143. The molecule has 0 aliphatic carbocycles. The van der Waals surface area contributed by atoms with E-state index in [0.29, 0.717) is 35.5 Å². The fourth-order valence-corrected chi connectivity index (χ4v) is 4.13. The molecule has 3 aliphatic heterocycles. The molecule has 0 radical (unpaired) electrons. The van der Waals surface area contributed by atoms with Crippen molar-refractivity contribution in [3.05, 3.63) is 30.0 Å². The molecule has 3 aliphatic rings. The standard InChI is InChI=1S/C16H19N5O3S/c1-20-11-3-2-10(14(20)22)6-21(7-11)15(23)13-5-4-12(24-13)8-25-16-17-9-18-19-16/h4-5,9-11H,2-3,6-8H2,1H3,(H,17,18,19)/t10-,11+/m1/s1. The summed E-state index contributed by atoms with van der Waals surface area (Å²) in [5, 5.41) is 7.26. The lowest BCUT2D eigenvalue weighted by molar-refractivity contribution is -0.138. The van der Waals surface area contributed by atoms with E-state index >= 15 is 0 Å². The normalized spacial score (nSPS) is 23.2. The van der Waals surface area contributed by atoms with E-state index < -0.39 is 0 Å². The van der Waals surface area contributed by atoms with Gasteiger partial charge < -0.3 is 14.2 Å². The van der Waals surface area contributed by atoms with E-state index in [1.807, 2.05) is 7.05 Å². The summed E-state index contributed by atoms with van der Waals surface area (Å²) in [7, 11) is 1.83. The van der Waals surface area contributed by atoms with Crippen molar-refractivity contribution in [2.75, 3.05) is 20.1 Å². The smallest absolute Gasteiger partial charge is 0.289 e. The number of H-pyrrole nitrogens is 1. The summed E-state index contributed by atoms with van der Waals surface area (Å²) in [6.07, 6.45) is 3.26. The van der Waals surface area contributed by atoms with Crippen LogP contribution < -0.4 is 0 Å². The summed E-state index contributed by atoms with van der Waals surface area (Å²) in [6, 6.07) is 3.61. The molecule has 3 saturated heterocycles. The summed E-state index contributed by atoms with van der Waals surface area (Å²) in [5.74, 6) is 1.50. The van der Waals surface area contributed by atoms with Gasteiger partial charge in [0.15, 0.2) is 10.9 Å². The van der Waals surface area contributed by atoms with Gasteiger partial charge in [0.1, 0.15) is 12.1 Å². The highest BCUT2D eigenvalue weighted by atomic mass is 32.2. The third-order valence-electron chi connectivity index (χ3n) is 4.87. The SMILES string of the molecule is CN1C(=O)[C@@H]2CC[C@H]1CN(C(=O)c1ccc(CSc3ncn[nH]3)o1)C2. The number of nitrogens with one attached hydrogen (secondary N) is 1. The fraction of sp³-hybridized carbons (Fsp3) is 0.500. The maximum absolute atomic E-state index is 12.8. The number of nitrogens with zero attached hydrogens (tertiary/aromatic N) is 4. The van der Waals surface area contributed by atoms with Crippen LogP contribution >= 0.6 is 11.8 Å². The highest BCUT2D eigenvalue weighted by Crippen LogP contribution is 2.29. The first-order chi connectivity index (χ1) is 12.1. The number of likely N-dealkylation sites (N-methyl/N-ethyl adjacent to an activating group) is 1. The van der Waals surface area contributed by atoms with E-state index in [1.165, 1.54) is 18.1 Å². The van der Waals surface area contributed by atoms with Gasteiger partial charge in [0.25, 0.3) is 5.91 Å². The van der Waals surface area contributed by atoms with Crippen LogP contribution in [0.25, 0.3) is 0 Å². The average Bonchev–Trinajstić information content (AvgIpc) is 3.23. The number of rotatable bonds is 4. The summed E-state index contributed by atoms with van der Waals surface area (Å²) in [5.41, 5.74) is 0. The van der Waals surface area contributed by atoms with Crippen molar-refractivity contribution < 1.29 is 14.0 Å². The third kappa shape index (κ3) is 3.15. The molecule has 5 rings (SSSR count). The zero-order valence-electron chi connectivity index (χ0n) is 13.8. The third-order valence-corrected chi connectivity index (χ3v) is 5.77. The second-order valence-corrected chi connectivity index (χ2v) is 7.40. The number of piperidine rings is 1. The van der Waals surface area contributed by atoms with E-state index in [1.54, 1.807) is 21.9 Å². The molecule has 9 heteroatoms. The number of fused-ring (bicyclic) bond motifs is 4. The first kappa shape index (κ1) is 16.2. The molecule has 2 aromatic heterocycles. The highest BCUT2D eigenvalue weighted by molar-refractivity contribution is 7.98. The Balaban J connectivity index is 1.43. The molecule has 5 heterocycles. The Labute approximate surface area is 149 Å². The number of thioether (sulfide) groups is 1. The molecule has 1 N–H and O–H groups in total. The van der Waals surface area contributed by atoms with Gasteiger partial charge >= 0.3 is 0 Å². The minimum absolute atomic E-state index is 0.0934. The average molecular weight is 361 g/mol. The molecular formula is C16H19N5O3S. The number of amides is 2. The molecule has 0 aromatic carbocycles. The van der Waals surface area contributed by atoms with Crippen LogP contribution in [0.1, 0.15) is 29.2 Å². The van der Waals surface area contributed by atoms with Crippen LogP contribution in [0.2, 0.25) is 0 Å². The molecular weight excluding hydrogens is 342 g/mol. The molecule has 25 heavy (non-hydrogen) atoms. The van der Waals surface area contributed by atoms with Gasteiger partial charge in [0, 0.05) is 26.2 Å². The molecule has 0 spiro atoms. The molecule has 0 saturated carbocycles. The van der Waals surface area contributed by atoms with Gasteiger partial charge in [-0.1, -0.05) is 11.8 Å². The van der Waals surface area contributed by atoms with Crippen LogP contribution in [0.3, 0.4) is 0 Å². The molecule has 2 bridgehead atoms. The Bertz CT molecular complexity index is 775. The monoisotopic (exact) mass is 361 g/mol. The quantitative estimate of drug-likeness (QED) is 0.827. The maximum Gasteiger partial charge on any atom is 0.289 e. The molecule has 3 fully saturated rings. The highest BCUT2D eigenvalue weighted by Gasteiger charge is 2.40. The van der Waals surface area contributed by atoms with Gasteiger partial charge in [-0.05, 0) is 25.0 Å². The largest absolute Gasteiger partial charge is 0.455 e. The van der Waals surface area contributed by atoms with Crippen molar-refractivity contribution in [2.45, 2.75) is 29.8 Å².